The minimum absolute atomic E-state index is 0.0190. The molecule has 0 saturated heterocycles. The molecule has 0 atom stereocenters. The van der Waals surface area contributed by atoms with Gasteiger partial charge in [0.05, 0.1) is 18.0 Å². The van der Waals surface area contributed by atoms with Crippen molar-refractivity contribution in [1.82, 2.24) is 4.31 Å². The highest BCUT2D eigenvalue weighted by Crippen LogP contribution is 2.20. The van der Waals surface area contributed by atoms with Gasteiger partial charge in [0, 0.05) is 7.05 Å². The van der Waals surface area contributed by atoms with Crippen LogP contribution < -0.4 is 0 Å². The number of rotatable bonds is 4. The third-order valence-electron chi connectivity index (χ3n) is 2.44. The highest BCUT2D eigenvalue weighted by Gasteiger charge is 2.22. The lowest BCUT2D eigenvalue weighted by molar-refractivity contribution is 0.281. The van der Waals surface area contributed by atoms with E-state index in [0.717, 1.165) is 4.31 Å². The van der Waals surface area contributed by atoms with Gasteiger partial charge in [0.2, 0.25) is 10.0 Å². The van der Waals surface area contributed by atoms with Crippen LogP contribution in [0.2, 0.25) is 0 Å². The average molecular weight is 253 g/mol. The van der Waals surface area contributed by atoms with Gasteiger partial charge < -0.3 is 5.11 Å². The van der Waals surface area contributed by atoms with Gasteiger partial charge in [-0.2, -0.15) is 4.31 Å². The zero-order valence-corrected chi connectivity index (χ0v) is 10.7. The smallest absolute Gasteiger partial charge is 0.243 e. The van der Waals surface area contributed by atoms with Gasteiger partial charge in [0.1, 0.15) is 0 Å². The van der Waals surface area contributed by atoms with E-state index in [2.05, 4.69) is 5.92 Å². The fourth-order valence-corrected chi connectivity index (χ4v) is 2.76. The van der Waals surface area contributed by atoms with E-state index in [4.69, 9.17) is 11.5 Å². The van der Waals surface area contributed by atoms with Crippen LogP contribution in [0.5, 0.6) is 0 Å². The van der Waals surface area contributed by atoms with Gasteiger partial charge in [0.25, 0.3) is 0 Å². The molecule has 5 heteroatoms. The highest BCUT2D eigenvalue weighted by atomic mass is 32.2. The molecule has 0 spiro atoms. The Balaban J connectivity index is 3.28. The normalized spacial score (nSPS) is 11.5. The zero-order valence-electron chi connectivity index (χ0n) is 9.84. The number of sulfonamides is 1. The first-order chi connectivity index (χ1) is 7.93. The van der Waals surface area contributed by atoms with Crippen LogP contribution in [0.15, 0.2) is 23.1 Å². The number of terminal acetylenes is 1. The molecular weight excluding hydrogens is 238 g/mol. The zero-order chi connectivity index (χ0) is 13.1. The number of benzene rings is 1. The maximum Gasteiger partial charge on any atom is 0.243 e. The Morgan fingerprint density at radius 1 is 1.47 bits per heavy atom. The summed E-state index contributed by atoms with van der Waals surface area (Å²) in [5.41, 5.74) is 1.19. The lowest BCUT2D eigenvalue weighted by atomic mass is 10.2. The van der Waals surface area contributed by atoms with Crippen LogP contribution in [0.25, 0.3) is 0 Å². The van der Waals surface area contributed by atoms with Crippen molar-refractivity contribution < 1.29 is 13.5 Å². The molecule has 1 aromatic carbocycles. The molecule has 0 amide bonds. The molecule has 0 saturated carbocycles. The van der Waals surface area contributed by atoms with Gasteiger partial charge in [-0.3, -0.25) is 0 Å². The molecule has 0 aliphatic heterocycles. The third-order valence-corrected chi connectivity index (χ3v) is 4.38. The van der Waals surface area contributed by atoms with Crippen LogP contribution >= 0.6 is 0 Å². The van der Waals surface area contributed by atoms with Gasteiger partial charge in [0.15, 0.2) is 0 Å². The monoisotopic (exact) mass is 253 g/mol. The summed E-state index contributed by atoms with van der Waals surface area (Å²) in [5.74, 6) is 2.29. The van der Waals surface area contributed by atoms with Crippen molar-refractivity contribution in [3.05, 3.63) is 29.3 Å². The van der Waals surface area contributed by atoms with Gasteiger partial charge in [-0.15, -0.1) is 6.42 Å². The van der Waals surface area contributed by atoms with Crippen molar-refractivity contribution in [3.63, 3.8) is 0 Å². The molecule has 0 aliphatic carbocycles. The highest BCUT2D eigenvalue weighted by molar-refractivity contribution is 7.89. The summed E-state index contributed by atoms with van der Waals surface area (Å²) in [4.78, 5) is 0.182. The molecule has 0 fully saturated rings. The van der Waals surface area contributed by atoms with Crippen molar-refractivity contribution in [3.8, 4) is 12.3 Å². The van der Waals surface area contributed by atoms with Crippen LogP contribution in [0.3, 0.4) is 0 Å². The van der Waals surface area contributed by atoms with E-state index in [1.165, 1.54) is 13.1 Å². The summed E-state index contributed by atoms with van der Waals surface area (Å²) in [6.45, 7) is 1.53. The van der Waals surface area contributed by atoms with E-state index in [9.17, 15) is 8.42 Å². The fourth-order valence-electron chi connectivity index (χ4n) is 1.40. The molecule has 4 nitrogen and oxygen atoms in total. The maximum atomic E-state index is 12.2. The first-order valence-corrected chi connectivity index (χ1v) is 6.47. The number of hydrogen-bond donors (Lipinski definition) is 1. The molecule has 17 heavy (non-hydrogen) atoms. The predicted molar refractivity (Wildman–Crippen MR) is 65.8 cm³/mol. The van der Waals surface area contributed by atoms with Crippen molar-refractivity contribution in [2.75, 3.05) is 13.6 Å². The Morgan fingerprint density at radius 2 is 2.12 bits per heavy atom. The van der Waals surface area contributed by atoms with Gasteiger partial charge in [-0.25, -0.2) is 8.42 Å². The minimum atomic E-state index is -3.58. The van der Waals surface area contributed by atoms with Gasteiger partial charge >= 0.3 is 0 Å². The standard InChI is InChI=1S/C12H15NO3S/c1-4-7-13(3)17(15,16)12-8-11(9-14)6-5-10(12)2/h1,5-6,8,14H,7,9H2,2-3H3. The lowest BCUT2D eigenvalue weighted by Gasteiger charge is -2.16. The molecule has 0 unspecified atom stereocenters. The van der Waals surface area contributed by atoms with E-state index in [0.29, 0.717) is 11.1 Å². The van der Waals surface area contributed by atoms with E-state index < -0.39 is 10.0 Å². The number of hydrogen-bond acceptors (Lipinski definition) is 3. The molecule has 1 rings (SSSR count). The molecular formula is C12H15NO3S. The summed E-state index contributed by atoms with van der Waals surface area (Å²) >= 11 is 0. The summed E-state index contributed by atoms with van der Waals surface area (Å²) in [6, 6.07) is 4.83. The SMILES string of the molecule is C#CCN(C)S(=O)(=O)c1cc(CO)ccc1C. The Kier molecular flexibility index (Phi) is 4.29. The van der Waals surface area contributed by atoms with Crippen molar-refractivity contribution in [1.29, 1.82) is 0 Å². The summed E-state index contributed by atoms with van der Waals surface area (Å²) in [7, 11) is -2.15. The van der Waals surface area contributed by atoms with Crippen LogP contribution in [0.4, 0.5) is 0 Å². The number of aliphatic hydroxyl groups excluding tert-OH is 1. The summed E-state index contributed by atoms with van der Waals surface area (Å²) < 4.78 is 25.4. The third kappa shape index (κ3) is 2.86. The second-order valence-electron chi connectivity index (χ2n) is 3.72. The Morgan fingerprint density at radius 3 is 2.65 bits per heavy atom. The van der Waals surface area contributed by atoms with E-state index in [1.807, 2.05) is 0 Å². The quantitative estimate of drug-likeness (QED) is 0.805. The maximum absolute atomic E-state index is 12.2. The van der Waals surface area contributed by atoms with E-state index in [-0.39, 0.29) is 18.0 Å². The molecule has 0 heterocycles. The summed E-state index contributed by atoms with van der Waals surface area (Å²) in [5, 5.41) is 9.02. The summed E-state index contributed by atoms with van der Waals surface area (Å²) in [6.07, 6.45) is 5.10. The average Bonchev–Trinajstić information content (AvgIpc) is 2.29. The van der Waals surface area contributed by atoms with Gasteiger partial charge in [-0.05, 0) is 24.1 Å². The molecule has 92 valence electrons. The fraction of sp³-hybridized carbons (Fsp3) is 0.333. The first-order valence-electron chi connectivity index (χ1n) is 5.03. The molecule has 1 N–H and O–H groups in total. The lowest BCUT2D eigenvalue weighted by Crippen LogP contribution is -2.27. The second-order valence-corrected chi connectivity index (χ2v) is 5.74. The van der Waals surface area contributed by atoms with Crippen molar-refractivity contribution in [2.45, 2.75) is 18.4 Å². The molecule has 0 radical (unpaired) electrons. The largest absolute Gasteiger partial charge is 0.392 e. The van der Waals surface area contributed by atoms with Crippen molar-refractivity contribution in [2.24, 2.45) is 0 Å². The number of aliphatic hydroxyl groups is 1. The molecule has 1 aromatic rings. The Hall–Kier alpha value is -1.35. The molecule has 0 aliphatic rings. The van der Waals surface area contributed by atoms with Crippen LogP contribution in [-0.4, -0.2) is 31.4 Å². The topological polar surface area (TPSA) is 57.6 Å². The minimum Gasteiger partial charge on any atom is -0.392 e. The predicted octanol–water partition coefficient (Wildman–Crippen LogP) is 0.741. The van der Waals surface area contributed by atoms with Crippen LogP contribution in [0, 0.1) is 19.3 Å². The van der Waals surface area contributed by atoms with Gasteiger partial charge in [-0.1, -0.05) is 18.1 Å². The van der Waals surface area contributed by atoms with Crippen LogP contribution in [-0.2, 0) is 16.6 Å². The second kappa shape index (κ2) is 5.32. The number of aryl methyl sites for hydroxylation is 1. The van der Waals surface area contributed by atoms with E-state index >= 15 is 0 Å². The number of nitrogens with zero attached hydrogens (tertiary/aromatic N) is 1. The van der Waals surface area contributed by atoms with E-state index in [1.54, 1.807) is 19.1 Å². The molecule has 0 bridgehead atoms. The Labute approximate surface area is 102 Å². The molecule has 0 aromatic heterocycles. The van der Waals surface area contributed by atoms with Crippen LogP contribution in [0.1, 0.15) is 11.1 Å². The van der Waals surface area contributed by atoms with Crippen molar-refractivity contribution >= 4 is 10.0 Å². The Bertz CT molecular complexity index is 543. The first kappa shape index (κ1) is 13.7.